The van der Waals surface area contributed by atoms with Crippen molar-refractivity contribution < 1.29 is 9.59 Å². The Balaban J connectivity index is 2.08. The Hall–Kier alpha value is -1.14. The Morgan fingerprint density at radius 2 is 1.85 bits per heavy atom. The van der Waals surface area contributed by atoms with Crippen LogP contribution in [0.2, 0.25) is 0 Å². The topological polar surface area (TPSA) is 64.7 Å². The predicted octanol–water partition coefficient (Wildman–Crippen LogP) is -0.345. The summed E-state index contributed by atoms with van der Waals surface area (Å²) in [6, 6.07) is 0.217. The lowest BCUT2D eigenvalue weighted by Gasteiger charge is -2.32. The summed E-state index contributed by atoms with van der Waals surface area (Å²) in [7, 11) is 2.07. The molecule has 0 aromatic carbocycles. The van der Waals surface area contributed by atoms with Crippen molar-refractivity contribution in [2.75, 3.05) is 46.3 Å². The maximum Gasteiger partial charge on any atom is 0.236 e. The van der Waals surface area contributed by atoms with Crippen molar-refractivity contribution in [2.24, 2.45) is 0 Å². The monoisotopic (exact) mass is 284 g/mol. The largest absolute Gasteiger partial charge is 0.354 e. The molecular formula is C14H28N4O2. The molecule has 1 unspecified atom stereocenters. The first-order valence-corrected chi connectivity index (χ1v) is 7.49. The summed E-state index contributed by atoms with van der Waals surface area (Å²) >= 11 is 0. The third kappa shape index (κ3) is 6.34. The van der Waals surface area contributed by atoms with E-state index in [4.69, 9.17) is 0 Å². The highest BCUT2D eigenvalue weighted by molar-refractivity contribution is 5.79. The molecular weight excluding hydrogens is 256 g/mol. The molecule has 1 rings (SSSR count). The molecule has 6 heteroatoms. The minimum Gasteiger partial charge on any atom is -0.354 e. The Bertz CT molecular complexity index is 314. The van der Waals surface area contributed by atoms with Crippen molar-refractivity contribution in [3.05, 3.63) is 0 Å². The first kappa shape index (κ1) is 16.9. The fourth-order valence-electron chi connectivity index (χ4n) is 2.01. The van der Waals surface area contributed by atoms with Gasteiger partial charge in [0.25, 0.3) is 0 Å². The van der Waals surface area contributed by atoms with Gasteiger partial charge in [0.2, 0.25) is 11.8 Å². The zero-order chi connectivity index (χ0) is 15.0. The number of carbonyl (C=O) groups excluding carboxylic acids is 2. The number of likely N-dealkylation sites (N-methyl/N-ethyl adjacent to an activating group) is 1. The van der Waals surface area contributed by atoms with Crippen molar-refractivity contribution in [3.63, 3.8) is 0 Å². The van der Waals surface area contributed by atoms with E-state index in [0.29, 0.717) is 19.5 Å². The summed E-state index contributed by atoms with van der Waals surface area (Å²) in [6.07, 6.45) is 1.35. The predicted molar refractivity (Wildman–Crippen MR) is 79.5 cm³/mol. The smallest absolute Gasteiger partial charge is 0.236 e. The molecule has 0 saturated carbocycles. The van der Waals surface area contributed by atoms with Crippen molar-refractivity contribution in [2.45, 2.75) is 32.7 Å². The number of carbonyl (C=O) groups is 2. The second-order valence-corrected chi connectivity index (χ2v) is 5.49. The van der Waals surface area contributed by atoms with Gasteiger partial charge in [-0.25, -0.2) is 0 Å². The van der Waals surface area contributed by atoms with E-state index in [1.165, 1.54) is 0 Å². The van der Waals surface area contributed by atoms with Crippen LogP contribution >= 0.6 is 0 Å². The molecule has 116 valence electrons. The molecule has 0 spiro atoms. The SMILES string of the molecule is CCC(C)NC(=O)CCNCC(=O)N1CCN(C)CC1. The van der Waals surface area contributed by atoms with Crippen LogP contribution in [0.4, 0.5) is 0 Å². The maximum absolute atomic E-state index is 11.9. The zero-order valence-corrected chi connectivity index (χ0v) is 12.9. The quantitative estimate of drug-likeness (QED) is 0.628. The van der Waals surface area contributed by atoms with Crippen LogP contribution in [0.5, 0.6) is 0 Å². The molecule has 0 bridgehead atoms. The molecule has 2 amide bonds. The van der Waals surface area contributed by atoms with Crippen LogP contribution < -0.4 is 10.6 Å². The van der Waals surface area contributed by atoms with Crippen LogP contribution in [0.25, 0.3) is 0 Å². The number of piperazine rings is 1. The van der Waals surface area contributed by atoms with Crippen LogP contribution in [0.1, 0.15) is 26.7 Å². The molecule has 1 fully saturated rings. The van der Waals surface area contributed by atoms with E-state index in [1.807, 2.05) is 18.7 Å². The molecule has 1 aliphatic rings. The Labute approximate surface area is 121 Å². The van der Waals surface area contributed by atoms with Gasteiger partial charge in [0.1, 0.15) is 0 Å². The zero-order valence-electron chi connectivity index (χ0n) is 12.9. The number of hydrogen-bond donors (Lipinski definition) is 2. The van der Waals surface area contributed by atoms with Crippen LogP contribution in [-0.4, -0.2) is 74.0 Å². The summed E-state index contributed by atoms with van der Waals surface area (Å²) in [5.74, 6) is 0.166. The first-order chi connectivity index (χ1) is 9.52. The van der Waals surface area contributed by atoms with Gasteiger partial charge < -0.3 is 20.4 Å². The highest BCUT2D eigenvalue weighted by Crippen LogP contribution is 1.98. The standard InChI is InChI=1S/C14H28N4O2/c1-4-12(2)16-13(19)5-6-15-11-14(20)18-9-7-17(3)8-10-18/h12,15H,4-11H2,1-3H3,(H,16,19). The van der Waals surface area contributed by atoms with Gasteiger partial charge in [-0.15, -0.1) is 0 Å². The van der Waals surface area contributed by atoms with Crippen molar-refractivity contribution in [1.29, 1.82) is 0 Å². The molecule has 0 aromatic heterocycles. The van der Waals surface area contributed by atoms with E-state index in [2.05, 4.69) is 22.6 Å². The number of nitrogens with one attached hydrogen (secondary N) is 2. The minimum atomic E-state index is 0.0406. The summed E-state index contributed by atoms with van der Waals surface area (Å²) < 4.78 is 0. The molecule has 0 aliphatic carbocycles. The van der Waals surface area contributed by atoms with E-state index < -0.39 is 0 Å². The van der Waals surface area contributed by atoms with Crippen molar-refractivity contribution in [1.82, 2.24) is 20.4 Å². The van der Waals surface area contributed by atoms with Gasteiger partial charge in [-0.2, -0.15) is 0 Å². The van der Waals surface area contributed by atoms with Gasteiger partial charge >= 0.3 is 0 Å². The lowest BCUT2D eigenvalue weighted by atomic mass is 10.2. The first-order valence-electron chi connectivity index (χ1n) is 7.49. The number of amides is 2. The van der Waals surface area contributed by atoms with E-state index >= 15 is 0 Å². The van der Waals surface area contributed by atoms with Crippen LogP contribution in [-0.2, 0) is 9.59 Å². The van der Waals surface area contributed by atoms with Crippen LogP contribution in [0, 0.1) is 0 Å². The second-order valence-electron chi connectivity index (χ2n) is 5.49. The molecule has 1 heterocycles. The third-order valence-electron chi connectivity index (χ3n) is 3.68. The molecule has 0 aromatic rings. The van der Waals surface area contributed by atoms with Gasteiger partial charge in [-0.1, -0.05) is 6.92 Å². The fraction of sp³-hybridized carbons (Fsp3) is 0.857. The molecule has 0 radical (unpaired) electrons. The molecule has 1 aliphatic heterocycles. The second kappa shape index (κ2) is 8.92. The average Bonchev–Trinajstić information content (AvgIpc) is 2.44. The summed E-state index contributed by atoms with van der Waals surface area (Å²) in [6.45, 7) is 8.35. The van der Waals surface area contributed by atoms with E-state index in [9.17, 15) is 9.59 Å². The Kier molecular flexibility index (Phi) is 7.54. The highest BCUT2D eigenvalue weighted by Gasteiger charge is 2.18. The minimum absolute atomic E-state index is 0.0406. The third-order valence-corrected chi connectivity index (χ3v) is 3.68. The molecule has 1 atom stereocenters. The van der Waals surface area contributed by atoms with Crippen molar-refractivity contribution >= 4 is 11.8 Å². The van der Waals surface area contributed by atoms with Gasteiger partial charge in [0.15, 0.2) is 0 Å². The van der Waals surface area contributed by atoms with Gasteiger partial charge in [-0.05, 0) is 20.4 Å². The lowest BCUT2D eigenvalue weighted by molar-refractivity contribution is -0.132. The average molecular weight is 284 g/mol. The Morgan fingerprint density at radius 1 is 1.20 bits per heavy atom. The molecule has 2 N–H and O–H groups in total. The summed E-state index contributed by atoms with van der Waals surface area (Å²) in [5, 5.41) is 5.96. The molecule has 1 saturated heterocycles. The highest BCUT2D eigenvalue weighted by atomic mass is 16.2. The van der Waals surface area contributed by atoms with Crippen molar-refractivity contribution in [3.8, 4) is 0 Å². The normalized spacial score (nSPS) is 17.9. The van der Waals surface area contributed by atoms with Crippen LogP contribution in [0.3, 0.4) is 0 Å². The van der Waals surface area contributed by atoms with Gasteiger partial charge in [-0.3, -0.25) is 9.59 Å². The van der Waals surface area contributed by atoms with E-state index in [1.54, 1.807) is 0 Å². The Morgan fingerprint density at radius 3 is 2.45 bits per heavy atom. The van der Waals surface area contributed by atoms with Gasteiger partial charge in [0, 0.05) is 45.2 Å². The van der Waals surface area contributed by atoms with Gasteiger partial charge in [0.05, 0.1) is 6.54 Å². The number of nitrogens with zero attached hydrogens (tertiary/aromatic N) is 2. The molecule has 20 heavy (non-hydrogen) atoms. The molecule has 6 nitrogen and oxygen atoms in total. The van der Waals surface area contributed by atoms with E-state index in [-0.39, 0.29) is 17.9 Å². The van der Waals surface area contributed by atoms with E-state index in [0.717, 1.165) is 32.6 Å². The summed E-state index contributed by atoms with van der Waals surface area (Å²) in [4.78, 5) is 27.6. The lowest BCUT2D eigenvalue weighted by Crippen LogP contribution is -2.49. The van der Waals surface area contributed by atoms with Crippen LogP contribution in [0.15, 0.2) is 0 Å². The fourth-order valence-corrected chi connectivity index (χ4v) is 2.01. The maximum atomic E-state index is 11.9. The number of rotatable bonds is 7. The summed E-state index contributed by atoms with van der Waals surface area (Å²) in [5.41, 5.74) is 0. The number of hydrogen-bond acceptors (Lipinski definition) is 4.